The first kappa shape index (κ1) is 15.7. The maximum atomic E-state index is 11.9. The number of aromatic nitrogens is 2. The van der Waals surface area contributed by atoms with Gasteiger partial charge in [0.2, 0.25) is 0 Å². The molecule has 1 atom stereocenters. The summed E-state index contributed by atoms with van der Waals surface area (Å²) in [7, 11) is 1.15. The van der Waals surface area contributed by atoms with Gasteiger partial charge in [0.15, 0.2) is 16.9 Å². The standard InChI is InChI=1S/C10H12ClN3O4S/c1-18-9(17)6(4-15)13-8(16)7-5(11)3-12-10(14-7)19-2/h3,6,15H,4H2,1-2H3,(H,13,16). The summed E-state index contributed by atoms with van der Waals surface area (Å²) in [5.74, 6) is -1.45. The second kappa shape index (κ2) is 7.27. The number of hydrogen-bond acceptors (Lipinski definition) is 7. The third kappa shape index (κ3) is 4.05. The molecule has 19 heavy (non-hydrogen) atoms. The van der Waals surface area contributed by atoms with Crippen LogP contribution in [0.15, 0.2) is 11.4 Å². The first-order valence-electron chi connectivity index (χ1n) is 5.09. The minimum Gasteiger partial charge on any atom is -0.467 e. The lowest BCUT2D eigenvalue weighted by atomic mass is 10.3. The zero-order valence-corrected chi connectivity index (χ0v) is 11.8. The Hall–Kier alpha value is -1.38. The van der Waals surface area contributed by atoms with Crippen molar-refractivity contribution in [2.24, 2.45) is 0 Å². The average molecular weight is 306 g/mol. The second-order valence-electron chi connectivity index (χ2n) is 3.29. The van der Waals surface area contributed by atoms with E-state index in [1.165, 1.54) is 18.0 Å². The number of rotatable bonds is 5. The Kier molecular flexibility index (Phi) is 6.00. The van der Waals surface area contributed by atoms with Gasteiger partial charge in [-0.15, -0.1) is 0 Å². The van der Waals surface area contributed by atoms with Gasteiger partial charge in [-0.2, -0.15) is 0 Å². The summed E-state index contributed by atoms with van der Waals surface area (Å²) >= 11 is 7.06. The van der Waals surface area contributed by atoms with E-state index < -0.39 is 24.5 Å². The summed E-state index contributed by atoms with van der Waals surface area (Å²) in [6.45, 7) is -0.587. The number of amides is 1. The fraction of sp³-hybridized carbons (Fsp3) is 0.400. The lowest BCUT2D eigenvalue weighted by Crippen LogP contribution is -2.44. The Balaban J connectivity index is 2.91. The molecule has 0 fully saturated rings. The highest BCUT2D eigenvalue weighted by molar-refractivity contribution is 7.98. The third-order valence-corrected chi connectivity index (χ3v) is 2.93. The molecule has 104 valence electrons. The van der Waals surface area contributed by atoms with Crippen molar-refractivity contribution in [1.82, 2.24) is 15.3 Å². The Labute approximate surface area is 118 Å². The fourth-order valence-electron chi connectivity index (χ4n) is 1.16. The van der Waals surface area contributed by atoms with Gasteiger partial charge < -0.3 is 15.2 Å². The molecule has 0 aliphatic carbocycles. The van der Waals surface area contributed by atoms with Gasteiger partial charge in [-0.25, -0.2) is 14.8 Å². The number of nitrogens with one attached hydrogen (secondary N) is 1. The molecule has 2 N–H and O–H groups in total. The molecule has 1 rings (SSSR count). The monoisotopic (exact) mass is 305 g/mol. The van der Waals surface area contributed by atoms with Crippen LogP contribution < -0.4 is 5.32 Å². The maximum absolute atomic E-state index is 11.9. The lowest BCUT2D eigenvalue weighted by molar-refractivity contribution is -0.143. The van der Waals surface area contributed by atoms with Gasteiger partial charge in [-0.05, 0) is 6.26 Å². The molecule has 0 aliphatic heterocycles. The highest BCUT2D eigenvalue weighted by Crippen LogP contribution is 2.16. The van der Waals surface area contributed by atoms with Crippen molar-refractivity contribution in [3.63, 3.8) is 0 Å². The average Bonchev–Trinajstić information content (AvgIpc) is 2.44. The summed E-state index contributed by atoms with van der Waals surface area (Å²) < 4.78 is 4.43. The molecule has 1 aromatic rings. The van der Waals surface area contributed by atoms with Crippen molar-refractivity contribution in [1.29, 1.82) is 0 Å². The lowest BCUT2D eigenvalue weighted by Gasteiger charge is -2.13. The molecule has 0 saturated heterocycles. The van der Waals surface area contributed by atoms with E-state index in [1.54, 1.807) is 6.26 Å². The van der Waals surface area contributed by atoms with Gasteiger partial charge in [-0.1, -0.05) is 23.4 Å². The minimum atomic E-state index is -1.17. The first-order chi connectivity index (χ1) is 9.03. The first-order valence-corrected chi connectivity index (χ1v) is 6.69. The van der Waals surface area contributed by atoms with E-state index in [1.807, 2.05) is 0 Å². The molecule has 1 amide bonds. The number of aliphatic hydroxyl groups is 1. The van der Waals surface area contributed by atoms with Crippen molar-refractivity contribution in [2.75, 3.05) is 20.0 Å². The minimum absolute atomic E-state index is 0.0526. The Bertz CT molecular complexity index is 486. The third-order valence-electron chi connectivity index (χ3n) is 2.09. The molecule has 0 radical (unpaired) electrons. The van der Waals surface area contributed by atoms with Gasteiger partial charge in [0.1, 0.15) is 0 Å². The molecule has 1 heterocycles. The van der Waals surface area contributed by atoms with Gasteiger partial charge in [-0.3, -0.25) is 4.79 Å². The van der Waals surface area contributed by atoms with E-state index in [9.17, 15) is 9.59 Å². The zero-order valence-electron chi connectivity index (χ0n) is 10.2. The van der Waals surface area contributed by atoms with Crippen molar-refractivity contribution < 1.29 is 19.4 Å². The van der Waals surface area contributed by atoms with Crippen molar-refractivity contribution >= 4 is 35.2 Å². The van der Waals surface area contributed by atoms with Gasteiger partial charge >= 0.3 is 5.97 Å². The fourth-order valence-corrected chi connectivity index (χ4v) is 1.67. The van der Waals surface area contributed by atoms with Crippen LogP contribution in [-0.4, -0.2) is 53.0 Å². The number of halogens is 1. The number of hydrogen-bond donors (Lipinski definition) is 2. The van der Waals surface area contributed by atoms with Crippen molar-refractivity contribution in [3.8, 4) is 0 Å². The molecule has 9 heteroatoms. The van der Waals surface area contributed by atoms with Crippen molar-refractivity contribution in [3.05, 3.63) is 16.9 Å². The largest absolute Gasteiger partial charge is 0.467 e. The van der Waals surface area contributed by atoms with Crippen LogP contribution in [0.1, 0.15) is 10.5 Å². The summed E-state index contributed by atoms with van der Waals surface area (Å²) in [5, 5.41) is 11.7. The van der Waals surface area contributed by atoms with Crippen molar-refractivity contribution in [2.45, 2.75) is 11.2 Å². The predicted molar refractivity (Wildman–Crippen MR) is 69.2 cm³/mol. The number of thioether (sulfide) groups is 1. The van der Waals surface area contributed by atoms with Crippen LogP contribution in [0, 0.1) is 0 Å². The molecular formula is C10H12ClN3O4S. The van der Waals surface area contributed by atoms with E-state index in [2.05, 4.69) is 20.0 Å². The normalized spacial score (nSPS) is 11.8. The molecule has 0 spiro atoms. The maximum Gasteiger partial charge on any atom is 0.330 e. The molecule has 0 saturated carbocycles. The summed E-state index contributed by atoms with van der Waals surface area (Å²) in [6, 6.07) is -1.17. The number of esters is 1. The van der Waals surface area contributed by atoms with Gasteiger partial charge in [0.25, 0.3) is 5.91 Å². The zero-order chi connectivity index (χ0) is 14.4. The molecule has 7 nitrogen and oxygen atoms in total. The Morgan fingerprint density at radius 1 is 1.63 bits per heavy atom. The smallest absolute Gasteiger partial charge is 0.330 e. The number of carbonyl (C=O) groups excluding carboxylic acids is 2. The van der Waals surface area contributed by atoms with Crippen LogP contribution in [0.4, 0.5) is 0 Å². The van der Waals surface area contributed by atoms with Crippen LogP contribution in [0.2, 0.25) is 5.02 Å². The SMILES string of the molecule is COC(=O)C(CO)NC(=O)c1nc(SC)ncc1Cl. The number of ether oxygens (including phenoxy) is 1. The Morgan fingerprint density at radius 3 is 2.84 bits per heavy atom. The summed E-state index contributed by atoms with van der Waals surface area (Å²) in [5.41, 5.74) is -0.0663. The molecule has 0 aromatic carbocycles. The van der Waals surface area contributed by atoms with Crippen LogP contribution in [-0.2, 0) is 9.53 Å². The van der Waals surface area contributed by atoms with E-state index >= 15 is 0 Å². The van der Waals surface area contributed by atoms with Crippen LogP contribution in [0.5, 0.6) is 0 Å². The van der Waals surface area contributed by atoms with E-state index in [0.717, 1.165) is 7.11 Å². The quantitative estimate of drug-likeness (QED) is 0.452. The summed E-state index contributed by atoms with van der Waals surface area (Å²) in [6.07, 6.45) is 3.04. The number of methoxy groups -OCH3 is 1. The van der Waals surface area contributed by atoms with Crippen LogP contribution in [0.25, 0.3) is 0 Å². The topological polar surface area (TPSA) is 101 Å². The van der Waals surface area contributed by atoms with E-state index in [-0.39, 0.29) is 10.7 Å². The number of nitrogens with zero attached hydrogens (tertiary/aromatic N) is 2. The Morgan fingerprint density at radius 2 is 2.32 bits per heavy atom. The highest BCUT2D eigenvalue weighted by Gasteiger charge is 2.23. The van der Waals surface area contributed by atoms with Crippen LogP contribution >= 0.6 is 23.4 Å². The molecule has 1 unspecified atom stereocenters. The number of aliphatic hydroxyl groups excluding tert-OH is 1. The van der Waals surface area contributed by atoms with E-state index in [0.29, 0.717) is 5.16 Å². The molecule has 1 aromatic heterocycles. The molecular weight excluding hydrogens is 294 g/mol. The summed E-state index contributed by atoms with van der Waals surface area (Å²) in [4.78, 5) is 31.0. The predicted octanol–water partition coefficient (Wildman–Crippen LogP) is 0.116. The van der Waals surface area contributed by atoms with E-state index in [4.69, 9.17) is 16.7 Å². The van der Waals surface area contributed by atoms with Gasteiger partial charge in [0.05, 0.1) is 24.9 Å². The molecule has 0 aliphatic rings. The molecule has 0 bridgehead atoms. The second-order valence-corrected chi connectivity index (χ2v) is 4.47. The van der Waals surface area contributed by atoms with Gasteiger partial charge in [0, 0.05) is 0 Å². The highest BCUT2D eigenvalue weighted by atomic mass is 35.5. The number of carbonyl (C=O) groups is 2. The van der Waals surface area contributed by atoms with Crippen LogP contribution in [0.3, 0.4) is 0 Å².